The van der Waals surface area contributed by atoms with Gasteiger partial charge in [0.15, 0.2) is 5.96 Å². The van der Waals surface area contributed by atoms with Gasteiger partial charge in [-0.15, -0.1) is 24.0 Å². The van der Waals surface area contributed by atoms with Gasteiger partial charge in [-0.1, -0.05) is 6.42 Å². The number of likely N-dealkylation sites (tertiary alicyclic amines) is 1. The molecule has 0 radical (unpaired) electrons. The number of nitrogens with one attached hydrogen (secondary N) is 2. The van der Waals surface area contributed by atoms with Crippen LogP contribution in [0.5, 0.6) is 11.5 Å². The van der Waals surface area contributed by atoms with E-state index in [0.717, 1.165) is 19.6 Å². The molecule has 0 spiro atoms. The maximum atomic E-state index is 12.7. The lowest BCUT2D eigenvalue weighted by Crippen LogP contribution is -2.54. The van der Waals surface area contributed by atoms with Crippen LogP contribution in [0.2, 0.25) is 0 Å². The van der Waals surface area contributed by atoms with Crippen molar-refractivity contribution >= 4 is 29.9 Å². The molecule has 0 amide bonds. The molecule has 2 N–H and O–H groups in total. The van der Waals surface area contributed by atoms with Gasteiger partial charge in [0, 0.05) is 37.3 Å². The largest absolute Gasteiger partial charge is 0.497 e. The summed E-state index contributed by atoms with van der Waals surface area (Å²) < 4.78 is 35.1. The van der Waals surface area contributed by atoms with Crippen molar-refractivity contribution in [3.05, 3.63) is 23.8 Å². The van der Waals surface area contributed by atoms with Crippen molar-refractivity contribution in [3.63, 3.8) is 0 Å². The fourth-order valence-corrected chi connectivity index (χ4v) is 3.32. The number of nitrogens with zero attached hydrogens (tertiary/aromatic N) is 2. The zero-order valence-electron chi connectivity index (χ0n) is 17.6. The average Bonchev–Trinajstić information content (AvgIpc) is 2.69. The lowest BCUT2D eigenvalue weighted by atomic mass is 9.98. The Balaban J connectivity index is 0.00000420. The third-order valence-electron chi connectivity index (χ3n) is 5.06. The molecule has 0 atom stereocenters. The number of hydrogen-bond acceptors (Lipinski definition) is 4. The number of halogens is 3. The Morgan fingerprint density at radius 3 is 2.48 bits per heavy atom. The van der Waals surface area contributed by atoms with Crippen LogP contribution in [-0.2, 0) is 6.54 Å². The van der Waals surface area contributed by atoms with E-state index in [1.54, 1.807) is 19.2 Å². The summed E-state index contributed by atoms with van der Waals surface area (Å²) in [6.07, 6.45) is 3.77. The van der Waals surface area contributed by atoms with Gasteiger partial charge in [-0.25, -0.2) is 0 Å². The highest BCUT2D eigenvalue weighted by Crippen LogP contribution is 2.26. The number of ether oxygens (including phenoxy) is 2. The Morgan fingerprint density at radius 2 is 1.90 bits per heavy atom. The predicted octanol–water partition coefficient (Wildman–Crippen LogP) is 3.84. The summed E-state index contributed by atoms with van der Waals surface area (Å²) in [4.78, 5) is 6.73. The Labute approximate surface area is 189 Å². The minimum Gasteiger partial charge on any atom is -0.497 e. The van der Waals surface area contributed by atoms with Crippen LogP contribution < -0.4 is 20.1 Å². The van der Waals surface area contributed by atoms with Crippen molar-refractivity contribution in [1.29, 1.82) is 0 Å². The van der Waals surface area contributed by atoms with Crippen LogP contribution in [0, 0.1) is 0 Å². The predicted molar refractivity (Wildman–Crippen MR) is 123 cm³/mol. The summed E-state index contributed by atoms with van der Waals surface area (Å²) in [7, 11) is 3.17. The highest BCUT2D eigenvalue weighted by atomic mass is 127. The first-order valence-electron chi connectivity index (χ1n) is 9.67. The number of alkyl halides is 2. The van der Waals surface area contributed by atoms with Crippen LogP contribution in [0.25, 0.3) is 0 Å². The first kappa shape index (κ1) is 25.7. The van der Waals surface area contributed by atoms with Crippen LogP contribution in [0.4, 0.5) is 8.78 Å². The highest BCUT2D eigenvalue weighted by Gasteiger charge is 2.27. The van der Waals surface area contributed by atoms with Crippen LogP contribution >= 0.6 is 24.0 Å². The molecule has 0 unspecified atom stereocenters. The number of benzene rings is 1. The van der Waals surface area contributed by atoms with Gasteiger partial charge < -0.3 is 20.1 Å². The maximum Gasteiger partial charge on any atom is 0.387 e. The number of piperidine rings is 1. The zero-order valence-corrected chi connectivity index (χ0v) is 20.0. The molecule has 0 saturated carbocycles. The SMILES string of the molecule is CN=C(NCc1ccc(OC)cc1OC(F)F)NCC(C)(C)N1CCCCC1.I. The number of rotatable bonds is 8. The zero-order chi connectivity index (χ0) is 20.6. The van der Waals surface area contributed by atoms with Crippen molar-refractivity contribution in [2.75, 3.05) is 33.8 Å². The van der Waals surface area contributed by atoms with Crippen molar-refractivity contribution in [1.82, 2.24) is 15.5 Å². The van der Waals surface area contributed by atoms with Crippen molar-refractivity contribution < 1.29 is 18.3 Å². The molecular formula is C20H33F2IN4O2. The smallest absolute Gasteiger partial charge is 0.387 e. The monoisotopic (exact) mass is 526 g/mol. The normalized spacial score (nSPS) is 15.6. The van der Waals surface area contributed by atoms with Crippen molar-refractivity contribution in [2.24, 2.45) is 4.99 Å². The average molecular weight is 526 g/mol. The first-order chi connectivity index (χ1) is 13.4. The summed E-state index contributed by atoms with van der Waals surface area (Å²) in [5, 5.41) is 6.51. The molecule has 2 rings (SSSR count). The molecule has 166 valence electrons. The van der Waals surface area contributed by atoms with Gasteiger partial charge in [-0.05, 0) is 51.9 Å². The lowest BCUT2D eigenvalue weighted by molar-refractivity contribution is -0.0505. The third kappa shape index (κ3) is 8.12. The summed E-state index contributed by atoms with van der Waals surface area (Å²) in [6.45, 7) is 4.80. The Morgan fingerprint density at radius 1 is 1.21 bits per heavy atom. The van der Waals surface area contributed by atoms with Gasteiger partial charge in [-0.3, -0.25) is 9.89 Å². The molecule has 9 heteroatoms. The van der Waals surface area contributed by atoms with E-state index in [2.05, 4.69) is 39.1 Å². The first-order valence-corrected chi connectivity index (χ1v) is 9.67. The molecule has 6 nitrogen and oxygen atoms in total. The molecule has 29 heavy (non-hydrogen) atoms. The van der Waals surface area contributed by atoms with Gasteiger partial charge in [0.25, 0.3) is 0 Å². The van der Waals surface area contributed by atoms with Gasteiger partial charge in [0.05, 0.1) is 7.11 Å². The van der Waals surface area contributed by atoms with E-state index in [-0.39, 0.29) is 35.3 Å². The molecule has 1 aliphatic rings. The second-order valence-electron chi connectivity index (χ2n) is 7.49. The van der Waals surface area contributed by atoms with Crippen LogP contribution in [0.15, 0.2) is 23.2 Å². The fraction of sp³-hybridized carbons (Fsp3) is 0.650. The molecular weight excluding hydrogens is 493 g/mol. The van der Waals surface area contributed by atoms with E-state index in [1.807, 2.05) is 0 Å². The molecule has 1 aromatic carbocycles. The van der Waals surface area contributed by atoms with Crippen LogP contribution in [-0.4, -0.2) is 56.8 Å². The summed E-state index contributed by atoms with van der Waals surface area (Å²) in [6, 6.07) is 4.87. The quantitative estimate of drug-likeness (QED) is 0.306. The Kier molecular flexibility index (Phi) is 10.9. The molecule has 1 fully saturated rings. The molecule has 1 aromatic rings. The molecule has 0 bridgehead atoms. The second kappa shape index (κ2) is 12.4. The van der Waals surface area contributed by atoms with E-state index < -0.39 is 6.61 Å². The van der Waals surface area contributed by atoms with E-state index in [1.165, 1.54) is 32.4 Å². The number of aliphatic imine (C=N–C) groups is 1. The van der Waals surface area contributed by atoms with Gasteiger partial charge >= 0.3 is 6.61 Å². The number of guanidine groups is 1. The highest BCUT2D eigenvalue weighted by molar-refractivity contribution is 14.0. The molecule has 1 saturated heterocycles. The standard InChI is InChI=1S/C20H32F2N4O2.HI/c1-20(2,26-10-6-5-7-11-26)14-25-19(23-3)24-13-15-8-9-16(27-4)12-17(15)28-18(21)22;/h8-9,12,18H,5-7,10-11,13-14H2,1-4H3,(H2,23,24,25);1H. The van der Waals surface area contributed by atoms with Crippen LogP contribution in [0.1, 0.15) is 38.7 Å². The Hall–Kier alpha value is -1.36. The van der Waals surface area contributed by atoms with E-state index in [0.29, 0.717) is 23.8 Å². The van der Waals surface area contributed by atoms with E-state index >= 15 is 0 Å². The fourth-order valence-electron chi connectivity index (χ4n) is 3.32. The van der Waals surface area contributed by atoms with Crippen molar-refractivity contribution in [3.8, 4) is 11.5 Å². The topological polar surface area (TPSA) is 58.1 Å². The van der Waals surface area contributed by atoms with Gasteiger partial charge in [0.2, 0.25) is 0 Å². The lowest BCUT2D eigenvalue weighted by Gasteiger charge is -2.41. The summed E-state index contributed by atoms with van der Waals surface area (Å²) in [5.74, 6) is 1.17. The molecule has 1 aliphatic heterocycles. The molecule has 0 aromatic heterocycles. The minimum absolute atomic E-state index is 0. The van der Waals surface area contributed by atoms with Crippen LogP contribution in [0.3, 0.4) is 0 Å². The van der Waals surface area contributed by atoms with Gasteiger partial charge in [0.1, 0.15) is 11.5 Å². The second-order valence-corrected chi connectivity index (χ2v) is 7.49. The summed E-state index contributed by atoms with van der Waals surface area (Å²) in [5.41, 5.74) is 0.599. The number of methoxy groups -OCH3 is 1. The van der Waals surface area contributed by atoms with E-state index in [9.17, 15) is 8.78 Å². The molecule has 0 aliphatic carbocycles. The number of hydrogen-bond donors (Lipinski definition) is 2. The van der Waals surface area contributed by atoms with E-state index in [4.69, 9.17) is 4.74 Å². The minimum atomic E-state index is -2.89. The maximum absolute atomic E-state index is 12.7. The summed E-state index contributed by atoms with van der Waals surface area (Å²) >= 11 is 0. The van der Waals surface area contributed by atoms with Crippen molar-refractivity contribution in [2.45, 2.75) is 51.8 Å². The van der Waals surface area contributed by atoms with Gasteiger partial charge in [-0.2, -0.15) is 8.78 Å². The third-order valence-corrected chi connectivity index (χ3v) is 5.06. The Bertz CT molecular complexity index is 653. The molecule has 1 heterocycles.